The maximum atomic E-state index is 5.20. The Kier molecular flexibility index (Phi) is 5.25. The minimum absolute atomic E-state index is 0.180. The van der Waals surface area contributed by atoms with Gasteiger partial charge in [0.15, 0.2) is 5.11 Å². The number of thiocarbonyl (C=S) groups is 1. The average molecular weight is 240 g/mol. The molecule has 2 N–H and O–H groups in total. The van der Waals surface area contributed by atoms with Gasteiger partial charge in [0.1, 0.15) is 0 Å². The van der Waals surface area contributed by atoms with Crippen molar-refractivity contribution in [2.24, 2.45) is 0 Å². The molecule has 1 unspecified atom stereocenters. The summed E-state index contributed by atoms with van der Waals surface area (Å²) in [6, 6.07) is 2.20. The summed E-state index contributed by atoms with van der Waals surface area (Å²) in [6.07, 6.45) is 2.89. The van der Waals surface area contributed by atoms with Crippen molar-refractivity contribution in [1.29, 1.82) is 0 Å². The molecule has 0 aromatic carbocycles. The minimum atomic E-state index is 0.180. The molecule has 0 aliphatic carbocycles. The molecule has 0 spiro atoms. The number of hydrogen-bond acceptors (Lipinski definition) is 2. The predicted molar refractivity (Wildman–Crippen MR) is 70.3 cm³/mol. The predicted octanol–water partition coefficient (Wildman–Crippen LogP) is 1.84. The summed E-state index contributed by atoms with van der Waals surface area (Å²) < 4.78 is 1.97. The van der Waals surface area contributed by atoms with E-state index >= 15 is 0 Å². The van der Waals surface area contributed by atoms with Crippen molar-refractivity contribution in [3.05, 3.63) is 18.0 Å². The number of aromatic nitrogens is 2. The van der Waals surface area contributed by atoms with E-state index in [9.17, 15) is 0 Å². The summed E-state index contributed by atoms with van der Waals surface area (Å²) in [5.74, 6) is 0. The summed E-state index contributed by atoms with van der Waals surface area (Å²) in [7, 11) is 0. The summed E-state index contributed by atoms with van der Waals surface area (Å²) >= 11 is 5.20. The minimum Gasteiger partial charge on any atom is -0.363 e. The molecule has 0 radical (unpaired) electrons. The van der Waals surface area contributed by atoms with E-state index in [-0.39, 0.29) is 6.04 Å². The fourth-order valence-corrected chi connectivity index (χ4v) is 1.81. The maximum absolute atomic E-state index is 5.20. The third kappa shape index (κ3) is 3.48. The van der Waals surface area contributed by atoms with E-state index < -0.39 is 0 Å². The molecule has 1 aromatic heterocycles. The van der Waals surface area contributed by atoms with Gasteiger partial charge in [0.2, 0.25) is 0 Å². The molecule has 0 saturated heterocycles. The van der Waals surface area contributed by atoms with Gasteiger partial charge in [-0.1, -0.05) is 6.92 Å². The van der Waals surface area contributed by atoms with Gasteiger partial charge in [-0.15, -0.1) is 0 Å². The van der Waals surface area contributed by atoms with Crippen LogP contribution in [0.3, 0.4) is 0 Å². The smallest absolute Gasteiger partial charge is 0.166 e. The molecule has 1 aromatic rings. The third-order valence-corrected chi connectivity index (χ3v) is 2.64. The van der Waals surface area contributed by atoms with Crippen molar-refractivity contribution in [3.8, 4) is 0 Å². The third-order valence-electron chi connectivity index (χ3n) is 2.38. The van der Waals surface area contributed by atoms with Crippen LogP contribution in [0.15, 0.2) is 12.3 Å². The van der Waals surface area contributed by atoms with Gasteiger partial charge < -0.3 is 10.6 Å². The second kappa shape index (κ2) is 6.48. The fraction of sp³-hybridized carbons (Fsp3) is 0.636. The van der Waals surface area contributed by atoms with Crippen LogP contribution in [0.1, 0.15) is 38.9 Å². The molecule has 0 fully saturated rings. The van der Waals surface area contributed by atoms with Crippen molar-refractivity contribution in [2.45, 2.75) is 39.8 Å². The number of nitrogens with zero attached hydrogens (tertiary/aromatic N) is 2. The molecule has 0 aliphatic rings. The lowest BCUT2D eigenvalue weighted by Crippen LogP contribution is -2.37. The van der Waals surface area contributed by atoms with Crippen LogP contribution in [0.5, 0.6) is 0 Å². The number of hydrogen-bond donors (Lipinski definition) is 2. The molecule has 1 heterocycles. The summed E-state index contributed by atoms with van der Waals surface area (Å²) in [4.78, 5) is 0. The lowest BCUT2D eigenvalue weighted by Gasteiger charge is -2.17. The molecule has 4 nitrogen and oxygen atoms in total. The van der Waals surface area contributed by atoms with Gasteiger partial charge in [0.25, 0.3) is 0 Å². The highest BCUT2D eigenvalue weighted by atomic mass is 32.1. The molecule has 90 valence electrons. The molecule has 16 heavy (non-hydrogen) atoms. The zero-order valence-electron chi connectivity index (χ0n) is 10.2. The monoisotopic (exact) mass is 240 g/mol. The topological polar surface area (TPSA) is 41.9 Å². The van der Waals surface area contributed by atoms with Crippen LogP contribution >= 0.6 is 12.2 Å². The van der Waals surface area contributed by atoms with E-state index in [1.54, 1.807) is 0 Å². The summed E-state index contributed by atoms with van der Waals surface area (Å²) in [6.45, 7) is 8.07. The molecule has 1 atom stereocenters. The summed E-state index contributed by atoms with van der Waals surface area (Å²) in [5.41, 5.74) is 1.16. The lowest BCUT2D eigenvalue weighted by atomic mass is 10.2. The molecular formula is C11H20N4S. The Labute approximate surface area is 102 Å². The lowest BCUT2D eigenvalue weighted by molar-refractivity contribution is 0.563. The molecular weight excluding hydrogens is 220 g/mol. The molecule has 0 aliphatic heterocycles. The highest BCUT2D eigenvalue weighted by Gasteiger charge is 2.10. The van der Waals surface area contributed by atoms with E-state index in [1.807, 2.05) is 16.9 Å². The average Bonchev–Trinajstić information content (AvgIpc) is 2.74. The Morgan fingerprint density at radius 3 is 2.94 bits per heavy atom. The van der Waals surface area contributed by atoms with E-state index in [4.69, 9.17) is 12.2 Å². The van der Waals surface area contributed by atoms with Gasteiger partial charge >= 0.3 is 0 Å². The van der Waals surface area contributed by atoms with Gasteiger partial charge in [-0.3, -0.25) is 4.68 Å². The van der Waals surface area contributed by atoms with Gasteiger partial charge in [0.05, 0.1) is 11.7 Å². The highest BCUT2D eigenvalue weighted by Crippen LogP contribution is 2.10. The van der Waals surface area contributed by atoms with Crippen molar-refractivity contribution in [2.75, 3.05) is 6.54 Å². The zero-order chi connectivity index (χ0) is 12.0. The van der Waals surface area contributed by atoms with Crippen LogP contribution < -0.4 is 10.6 Å². The Morgan fingerprint density at radius 2 is 2.31 bits per heavy atom. The first kappa shape index (κ1) is 13.0. The van der Waals surface area contributed by atoms with Crippen LogP contribution in [0.4, 0.5) is 0 Å². The fourth-order valence-electron chi connectivity index (χ4n) is 1.54. The quantitative estimate of drug-likeness (QED) is 0.771. The molecule has 0 bridgehead atoms. The van der Waals surface area contributed by atoms with Crippen LogP contribution in [0.25, 0.3) is 0 Å². The van der Waals surface area contributed by atoms with Gasteiger partial charge in [-0.05, 0) is 38.6 Å². The molecule has 5 heteroatoms. The Morgan fingerprint density at radius 1 is 1.56 bits per heavy atom. The second-order valence-corrected chi connectivity index (χ2v) is 4.10. The van der Waals surface area contributed by atoms with Crippen LogP contribution in [0.2, 0.25) is 0 Å². The van der Waals surface area contributed by atoms with E-state index in [0.717, 1.165) is 25.2 Å². The summed E-state index contributed by atoms with van der Waals surface area (Å²) in [5, 5.41) is 11.3. The normalized spacial score (nSPS) is 12.2. The van der Waals surface area contributed by atoms with E-state index in [1.165, 1.54) is 0 Å². The van der Waals surface area contributed by atoms with Crippen LogP contribution in [-0.2, 0) is 6.54 Å². The SMILES string of the molecule is CCCNC(=S)NC(C)c1ccnn1CC. The molecule has 0 saturated carbocycles. The number of rotatable bonds is 5. The zero-order valence-corrected chi connectivity index (χ0v) is 11.0. The van der Waals surface area contributed by atoms with Crippen molar-refractivity contribution >= 4 is 17.3 Å². The second-order valence-electron chi connectivity index (χ2n) is 3.69. The van der Waals surface area contributed by atoms with Crippen molar-refractivity contribution < 1.29 is 0 Å². The Bertz CT molecular complexity index is 334. The van der Waals surface area contributed by atoms with Gasteiger partial charge in [0, 0.05) is 19.3 Å². The van der Waals surface area contributed by atoms with Crippen LogP contribution in [-0.4, -0.2) is 21.4 Å². The van der Waals surface area contributed by atoms with Crippen LogP contribution in [0, 0.1) is 0 Å². The van der Waals surface area contributed by atoms with E-state index in [2.05, 4.69) is 36.5 Å². The number of aryl methyl sites for hydroxylation is 1. The Hall–Kier alpha value is -1.10. The molecule has 1 rings (SSSR count). The number of nitrogens with one attached hydrogen (secondary N) is 2. The maximum Gasteiger partial charge on any atom is 0.166 e. The van der Waals surface area contributed by atoms with E-state index in [0.29, 0.717) is 5.11 Å². The van der Waals surface area contributed by atoms with Gasteiger partial charge in [-0.25, -0.2) is 0 Å². The Balaban J connectivity index is 2.51. The first-order valence-electron chi connectivity index (χ1n) is 5.75. The van der Waals surface area contributed by atoms with Crippen molar-refractivity contribution in [3.63, 3.8) is 0 Å². The van der Waals surface area contributed by atoms with Crippen molar-refractivity contribution in [1.82, 2.24) is 20.4 Å². The largest absolute Gasteiger partial charge is 0.363 e. The van der Waals surface area contributed by atoms with Gasteiger partial charge in [-0.2, -0.15) is 5.10 Å². The first-order chi connectivity index (χ1) is 7.69. The molecule has 0 amide bonds. The first-order valence-corrected chi connectivity index (χ1v) is 6.15. The standard InChI is InChI=1S/C11H20N4S/c1-4-7-12-11(16)14-9(3)10-6-8-13-15(10)5-2/h6,8-9H,4-5,7H2,1-3H3,(H2,12,14,16). The highest BCUT2D eigenvalue weighted by molar-refractivity contribution is 7.80.